The number of halogens is 1. The Labute approximate surface area is 127 Å². The third-order valence-corrected chi connectivity index (χ3v) is 4.25. The molecule has 0 spiro atoms. The molecule has 2 aromatic rings. The Hall–Kier alpha value is -1.99. The van der Waals surface area contributed by atoms with Crippen LogP contribution >= 0.6 is 0 Å². The van der Waals surface area contributed by atoms with Gasteiger partial charge in [-0.25, -0.2) is 9.37 Å². The van der Waals surface area contributed by atoms with Gasteiger partial charge in [0.1, 0.15) is 11.3 Å². The molecule has 118 valence electrons. The summed E-state index contributed by atoms with van der Waals surface area (Å²) >= 11 is 0. The van der Waals surface area contributed by atoms with Crippen LogP contribution in [0.25, 0.3) is 11.0 Å². The first-order valence-corrected chi connectivity index (χ1v) is 7.30. The number of hydrogen-bond donors (Lipinski definition) is 2. The molecule has 3 rings (SSSR count). The smallest absolute Gasteiger partial charge is 0.256 e. The second-order valence-corrected chi connectivity index (χ2v) is 5.52. The standard InChI is InChI=1S/C15H19FN4O2/c1-22-11-2-3-20(10(6-11)7-17)15(21)12-4-9(16)5-13-14(12)19-8-18-13/h4-5,8,10-11H,2-3,6-7,17H2,1H3,(H,18,19). The number of aromatic nitrogens is 2. The summed E-state index contributed by atoms with van der Waals surface area (Å²) in [5.41, 5.74) is 7.07. The average molecular weight is 306 g/mol. The molecule has 2 heterocycles. The zero-order chi connectivity index (χ0) is 15.7. The van der Waals surface area contributed by atoms with Crippen LogP contribution < -0.4 is 5.73 Å². The van der Waals surface area contributed by atoms with Gasteiger partial charge in [0, 0.05) is 26.2 Å². The Morgan fingerprint density at radius 1 is 1.59 bits per heavy atom. The summed E-state index contributed by atoms with van der Waals surface area (Å²) < 4.78 is 19.1. The number of rotatable bonds is 3. The van der Waals surface area contributed by atoms with E-state index in [4.69, 9.17) is 10.5 Å². The SMILES string of the molecule is COC1CCN(C(=O)c2cc(F)cc3[nH]cnc23)C(CN)C1. The number of carbonyl (C=O) groups is 1. The lowest BCUT2D eigenvalue weighted by Crippen LogP contribution is -2.51. The van der Waals surface area contributed by atoms with Crippen molar-refractivity contribution in [2.45, 2.75) is 25.0 Å². The zero-order valence-electron chi connectivity index (χ0n) is 12.4. The van der Waals surface area contributed by atoms with Crippen LogP contribution in [0.3, 0.4) is 0 Å². The van der Waals surface area contributed by atoms with Gasteiger partial charge in [0.2, 0.25) is 0 Å². The van der Waals surface area contributed by atoms with Crippen LogP contribution in [0.1, 0.15) is 23.2 Å². The quantitative estimate of drug-likeness (QED) is 0.894. The second-order valence-electron chi connectivity index (χ2n) is 5.52. The van der Waals surface area contributed by atoms with Crippen LogP contribution in [-0.2, 0) is 4.74 Å². The van der Waals surface area contributed by atoms with E-state index in [2.05, 4.69) is 9.97 Å². The number of likely N-dealkylation sites (tertiary alicyclic amines) is 1. The van der Waals surface area contributed by atoms with Gasteiger partial charge in [-0.05, 0) is 25.0 Å². The molecular formula is C15H19FN4O2. The summed E-state index contributed by atoms with van der Waals surface area (Å²) in [6, 6.07) is 2.46. The lowest BCUT2D eigenvalue weighted by atomic mass is 9.98. The highest BCUT2D eigenvalue weighted by Crippen LogP contribution is 2.24. The fourth-order valence-corrected chi connectivity index (χ4v) is 3.05. The molecule has 3 N–H and O–H groups in total. The first-order valence-electron chi connectivity index (χ1n) is 7.30. The van der Waals surface area contributed by atoms with E-state index in [0.717, 1.165) is 6.42 Å². The van der Waals surface area contributed by atoms with Crippen molar-refractivity contribution in [1.29, 1.82) is 0 Å². The van der Waals surface area contributed by atoms with E-state index < -0.39 is 5.82 Å². The second kappa shape index (κ2) is 6.02. The van der Waals surface area contributed by atoms with Gasteiger partial charge in [-0.2, -0.15) is 0 Å². The van der Waals surface area contributed by atoms with Crippen LogP contribution in [0.15, 0.2) is 18.5 Å². The number of fused-ring (bicyclic) bond motifs is 1. The number of piperidine rings is 1. The van der Waals surface area contributed by atoms with Crippen LogP contribution in [0.5, 0.6) is 0 Å². The molecule has 0 radical (unpaired) electrons. The zero-order valence-corrected chi connectivity index (χ0v) is 12.4. The fraction of sp³-hybridized carbons (Fsp3) is 0.467. The number of ether oxygens (including phenoxy) is 1. The number of hydrogen-bond acceptors (Lipinski definition) is 4. The monoisotopic (exact) mass is 306 g/mol. The summed E-state index contributed by atoms with van der Waals surface area (Å²) in [4.78, 5) is 21.5. The normalized spacial score (nSPS) is 22.2. The lowest BCUT2D eigenvalue weighted by Gasteiger charge is -2.38. The number of amides is 1. The van der Waals surface area contributed by atoms with Crippen molar-refractivity contribution in [1.82, 2.24) is 14.9 Å². The molecule has 7 heteroatoms. The van der Waals surface area contributed by atoms with E-state index in [1.807, 2.05) is 0 Å². The van der Waals surface area contributed by atoms with Crippen molar-refractivity contribution < 1.29 is 13.9 Å². The van der Waals surface area contributed by atoms with Crippen molar-refractivity contribution >= 4 is 16.9 Å². The summed E-state index contributed by atoms with van der Waals surface area (Å²) in [6.45, 7) is 0.895. The minimum Gasteiger partial charge on any atom is -0.381 e. The van der Waals surface area contributed by atoms with Gasteiger partial charge in [-0.1, -0.05) is 0 Å². The summed E-state index contributed by atoms with van der Waals surface area (Å²) in [6.07, 6.45) is 3.00. The number of carbonyl (C=O) groups excluding carboxylic acids is 1. The van der Waals surface area contributed by atoms with Crippen molar-refractivity contribution in [2.24, 2.45) is 5.73 Å². The first kappa shape index (κ1) is 14.9. The molecule has 1 aromatic carbocycles. The number of nitrogens with zero attached hydrogens (tertiary/aromatic N) is 2. The molecular weight excluding hydrogens is 287 g/mol. The van der Waals surface area contributed by atoms with Gasteiger partial charge in [0.25, 0.3) is 5.91 Å². The Balaban J connectivity index is 1.93. The first-order chi connectivity index (χ1) is 10.6. The van der Waals surface area contributed by atoms with Crippen molar-refractivity contribution in [3.05, 3.63) is 29.8 Å². The number of nitrogens with two attached hydrogens (primary N) is 1. The third kappa shape index (κ3) is 2.57. The molecule has 1 aromatic heterocycles. The minimum atomic E-state index is -0.462. The largest absolute Gasteiger partial charge is 0.381 e. The molecule has 1 amide bonds. The van der Waals surface area contributed by atoms with E-state index >= 15 is 0 Å². The number of methoxy groups -OCH3 is 1. The lowest BCUT2D eigenvalue weighted by molar-refractivity contribution is 0.0139. The average Bonchev–Trinajstić information content (AvgIpc) is 3.00. The van der Waals surface area contributed by atoms with Gasteiger partial charge in [-0.3, -0.25) is 4.79 Å². The van der Waals surface area contributed by atoms with Crippen molar-refractivity contribution in [2.75, 3.05) is 20.2 Å². The number of benzene rings is 1. The van der Waals surface area contributed by atoms with E-state index in [1.54, 1.807) is 12.0 Å². The Bertz CT molecular complexity index is 687. The Kier molecular flexibility index (Phi) is 4.08. The predicted molar refractivity (Wildman–Crippen MR) is 80.0 cm³/mol. The molecule has 2 unspecified atom stereocenters. The molecule has 22 heavy (non-hydrogen) atoms. The molecule has 1 aliphatic heterocycles. The molecule has 2 atom stereocenters. The third-order valence-electron chi connectivity index (χ3n) is 4.25. The number of imidazole rings is 1. The molecule has 0 saturated carbocycles. The number of nitrogens with one attached hydrogen (secondary N) is 1. The minimum absolute atomic E-state index is 0.107. The maximum atomic E-state index is 13.7. The van der Waals surface area contributed by atoms with Crippen molar-refractivity contribution in [3.8, 4) is 0 Å². The number of aromatic amines is 1. The van der Waals surface area contributed by atoms with Gasteiger partial charge < -0.3 is 20.4 Å². The van der Waals surface area contributed by atoms with E-state index in [0.29, 0.717) is 30.5 Å². The highest BCUT2D eigenvalue weighted by molar-refractivity contribution is 6.05. The van der Waals surface area contributed by atoms with Gasteiger partial charge >= 0.3 is 0 Å². The topological polar surface area (TPSA) is 84.2 Å². The maximum Gasteiger partial charge on any atom is 0.256 e. The fourth-order valence-electron chi connectivity index (χ4n) is 3.05. The maximum absolute atomic E-state index is 13.7. The van der Waals surface area contributed by atoms with Gasteiger partial charge in [0.05, 0.1) is 23.5 Å². The summed E-state index contributed by atoms with van der Waals surface area (Å²) in [5.74, 6) is -0.697. The van der Waals surface area contributed by atoms with Crippen LogP contribution in [0, 0.1) is 5.82 Å². The molecule has 0 bridgehead atoms. The molecule has 6 nitrogen and oxygen atoms in total. The predicted octanol–water partition coefficient (Wildman–Crippen LogP) is 1.28. The highest BCUT2D eigenvalue weighted by atomic mass is 19.1. The number of H-pyrrole nitrogens is 1. The van der Waals surface area contributed by atoms with Crippen molar-refractivity contribution in [3.63, 3.8) is 0 Å². The van der Waals surface area contributed by atoms with E-state index in [-0.39, 0.29) is 23.6 Å². The van der Waals surface area contributed by atoms with Crippen LogP contribution in [0.4, 0.5) is 4.39 Å². The van der Waals surface area contributed by atoms with Gasteiger partial charge in [-0.15, -0.1) is 0 Å². The van der Waals surface area contributed by atoms with Crippen LogP contribution in [0.2, 0.25) is 0 Å². The van der Waals surface area contributed by atoms with Crippen LogP contribution in [-0.4, -0.2) is 53.1 Å². The Morgan fingerprint density at radius 3 is 3.14 bits per heavy atom. The summed E-state index contributed by atoms with van der Waals surface area (Å²) in [7, 11) is 1.66. The Morgan fingerprint density at radius 2 is 2.41 bits per heavy atom. The highest BCUT2D eigenvalue weighted by Gasteiger charge is 2.32. The molecule has 1 aliphatic rings. The van der Waals surface area contributed by atoms with E-state index in [1.165, 1.54) is 18.5 Å². The van der Waals surface area contributed by atoms with E-state index in [9.17, 15) is 9.18 Å². The van der Waals surface area contributed by atoms with Gasteiger partial charge in [0.15, 0.2) is 0 Å². The molecule has 1 fully saturated rings. The molecule has 0 aliphatic carbocycles. The molecule has 1 saturated heterocycles. The summed E-state index contributed by atoms with van der Waals surface area (Å²) in [5, 5.41) is 0.